The molecule has 3 rings (SSSR count). The van der Waals surface area contributed by atoms with Crippen molar-refractivity contribution >= 4 is 0 Å². The molecule has 0 bridgehead atoms. The maximum atomic E-state index is 10.9. The lowest BCUT2D eigenvalue weighted by Crippen LogP contribution is -2.48. The fourth-order valence-electron chi connectivity index (χ4n) is 5.56. The number of aliphatic hydroxyl groups is 2. The molecule has 0 radical (unpaired) electrons. The van der Waals surface area contributed by atoms with Crippen LogP contribution < -0.4 is 0 Å². The molecule has 2 nitrogen and oxygen atoms in total. The van der Waals surface area contributed by atoms with Crippen LogP contribution in [0.25, 0.3) is 0 Å². The van der Waals surface area contributed by atoms with Gasteiger partial charge < -0.3 is 10.2 Å². The number of hydrogen-bond acceptors (Lipinski definition) is 2. The first-order chi connectivity index (χ1) is 8.40. The van der Waals surface area contributed by atoms with Gasteiger partial charge in [-0.25, -0.2) is 0 Å². The van der Waals surface area contributed by atoms with Crippen LogP contribution in [-0.4, -0.2) is 21.4 Å². The van der Waals surface area contributed by atoms with E-state index in [4.69, 9.17) is 0 Å². The quantitative estimate of drug-likeness (QED) is 0.695. The summed E-state index contributed by atoms with van der Waals surface area (Å²) in [5.41, 5.74) is -0.990. The van der Waals surface area contributed by atoms with Gasteiger partial charge in [0, 0.05) is 0 Å². The Morgan fingerprint density at radius 3 is 1.50 bits per heavy atom. The summed E-state index contributed by atoms with van der Waals surface area (Å²) in [7, 11) is 0. The molecule has 2 heteroatoms. The highest BCUT2D eigenvalue weighted by Gasteiger charge is 2.51. The summed E-state index contributed by atoms with van der Waals surface area (Å²) in [4.78, 5) is 0. The lowest BCUT2D eigenvalue weighted by Gasteiger charge is -2.46. The van der Waals surface area contributed by atoms with Gasteiger partial charge in [-0.1, -0.05) is 12.8 Å². The molecule has 3 saturated carbocycles. The van der Waals surface area contributed by atoms with E-state index < -0.39 is 11.2 Å². The van der Waals surface area contributed by atoms with Crippen LogP contribution >= 0.6 is 0 Å². The average molecular weight is 252 g/mol. The zero-order chi connectivity index (χ0) is 13.0. The van der Waals surface area contributed by atoms with Gasteiger partial charge in [-0.2, -0.15) is 0 Å². The summed E-state index contributed by atoms with van der Waals surface area (Å²) in [5, 5.41) is 21.8. The third kappa shape index (κ3) is 2.02. The molecule has 0 amide bonds. The predicted octanol–water partition coefficient (Wildman–Crippen LogP) is 3.11. The molecule has 0 unspecified atom stereocenters. The molecule has 2 N–H and O–H groups in total. The summed E-state index contributed by atoms with van der Waals surface area (Å²) in [5.74, 6) is 1.92. The standard InChI is InChI=1S/C16H28O2/c1-15(17)9-11-5-4-8-14(11)16(2,18)10-12-6-3-7-13(12)15/h11-14,17-18H,3-10H2,1-2H3/t11-,12-,13-,14+,15-,16-/m1/s1. The molecule has 0 heterocycles. The highest BCUT2D eigenvalue weighted by molar-refractivity contribution is 5.02. The molecule has 104 valence electrons. The van der Waals surface area contributed by atoms with Gasteiger partial charge in [0.1, 0.15) is 0 Å². The van der Waals surface area contributed by atoms with Gasteiger partial charge in [-0.15, -0.1) is 0 Å². The van der Waals surface area contributed by atoms with Crippen molar-refractivity contribution in [3.8, 4) is 0 Å². The fraction of sp³-hybridized carbons (Fsp3) is 1.00. The largest absolute Gasteiger partial charge is 0.390 e. The molecule has 18 heavy (non-hydrogen) atoms. The van der Waals surface area contributed by atoms with Crippen molar-refractivity contribution < 1.29 is 10.2 Å². The minimum Gasteiger partial charge on any atom is -0.390 e. The van der Waals surface area contributed by atoms with Gasteiger partial charge in [-0.3, -0.25) is 0 Å². The second-order valence-corrected chi connectivity index (χ2v) is 7.72. The monoisotopic (exact) mass is 252 g/mol. The van der Waals surface area contributed by atoms with Crippen molar-refractivity contribution in [2.24, 2.45) is 23.7 Å². The van der Waals surface area contributed by atoms with E-state index in [0.29, 0.717) is 23.7 Å². The van der Waals surface area contributed by atoms with Crippen LogP contribution in [0.2, 0.25) is 0 Å². The Labute approximate surface area is 111 Å². The highest BCUT2D eigenvalue weighted by Crippen LogP contribution is 2.53. The summed E-state index contributed by atoms with van der Waals surface area (Å²) in [6.07, 6.45) is 9.01. The topological polar surface area (TPSA) is 40.5 Å². The first kappa shape index (κ1) is 12.9. The Morgan fingerprint density at radius 2 is 1.11 bits per heavy atom. The Morgan fingerprint density at radius 1 is 0.722 bits per heavy atom. The zero-order valence-electron chi connectivity index (χ0n) is 11.9. The van der Waals surface area contributed by atoms with E-state index >= 15 is 0 Å². The summed E-state index contributed by atoms with van der Waals surface area (Å²) in [6.45, 7) is 4.12. The summed E-state index contributed by atoms with van der Waals surface area (Å²) < 4.78 is 0. The minimum atomic E-state index is -0.495. The second-order valence-electron chi connectivity index (χ2n) is 7.72. The first-order valence-corrected chi connectivity index (χ1v) is 7.85. The molecule has 0 aliphatic heterocycles. The number of fused-ring (bicyclic) bond motifs is 2. The average Bonchev–Trinajstić information content (AvgIpc) is 2.84. The molecule has 0 spiro atoms. The van der Waals surface area contributed by atoms with Crippen LogP contribution in [0.15, 0.2) is 0 Å². The number of rotatable bonds is 0. The fourth-order valence-corrected chi connectivity index (χ4v) is 5.56. The highest BCUT2D eigenvalue weighted by atomic mass is 16.3. The third-order valence-corrected chi connectivity index (χ3v) is 6.27. The van der Waals surface area contributed by atoms with E-state index in [-0.39, 0.29) is 0 Å². The maximum Gasteiger partial charge on any atom is 0.0653 e. The van der Waals surface area contributed by atoms with Crippen LogP contribution in [0, 0.1) is 23.7 Å². The first-order valence-electron chi connectivity index (χ1n) is 7.85. The third-order valence-electron chi connectivity index (χ3n) is 6.27. The maximum absolute atomic E-state index is 10.9. The van der Waals surface area contributed by atoms with Gasteiger partial charge in [-0.05, 0) is 76.0 Å². The van der Waals surface area contributed by atoms with E-state index in [1.54, 1.807) is 0 Å². The second kappa shape index (κ2) is 4.21. The number of hydrogen-bond donors (Lipinski definition) is 2. The molecular formula is C16H28O2. The van der Waals surface area contributed by atoms with Crippen LogP contribution in [0.5, 0.6) is 0 Å². The van der Waals surface area contributed by atoms with Crippen LogP contribution in [0.3, 0.4) is 0 Å². The molecule has 0 aromatic heterocycles. The van der Waals surface area contributed by atoms with E-state index in [9.17, 15) is 10.2 Å². The van der Waals surface area contributed by atoms with E-state index in [1.807, 2.05) is 0 Å². The van der Waals surface area contributed by atoms with Gasteiger partial charge in [0.25, 0.3) is 0 Å². The lowest BCUT2D eigenvalue weighted by atomic mass is 9.64. The molecule has 0 aromatic carbocycles. The summed E-state index contributed by atoms with van der Waals surface area (Å²) in [6, 6.07) is 0. The molecule has 3 aliphatic carbocycles. The van der Waals surface area contributed by atoms with Crippen molar-refractivity contribution in [1.29, 1.82) is 0 Å². The zero-order valence-corrected chi connectivity index (χ0v) is 11.9. The van der Waals surface area contributed by atoms with Crippen molar-refractivity contribution in [3.05, 3.63) is 0 Å². The molecule has 0 aromatic rings. The Balaban J connectivity index is 1.91. The smallest absolute Gasteiger partial charge is 0.0653 e. The molecular weight excluding hydrogens is 224 g/mol. The molecule has 0 saturated heterocycles. The van der Waals surface area contributed by atoms with E-state index in [1.165, 1.54) is 25.7 Å². The summed E-state index contributed by atoms with van der Waals surface area (Å²) >= 11 is 0. The Hall–Kier alpha value is -0.0800. The van der Waals surface area contributed by atoms with Crippen molar-refractivity contribution in [2.45, 2.75) is 76.4 Å². The van der Waals surface area contributed by atoms with Gasteiger partial charge in [0.2, 0.25) is 0 Å². The van der Waals surface area contributed by atoms with Crippen LogP contribution in [0.4, 0.5) is 0 Å². The Kier molecular flexibility index (Phi) is 3.02. The van der Waals surface area contributed by atoms with Crippen LogP contribution in [-0.2, 0) is 0 Å². The molecule has 6 atom stereocenters. The predicted molar refractivity (Wildman–Crippen MR) is 72.1 cm³/mol. The van der Waals surface area contributed by atoms with Crippen LogP contribution in [0.1, 0.15) is 65.2 Å². The van der Waals surface area contributed by atoms with Gasteiger partial charge in [0.05, 0.1) is 11.2 Å². The normalized spacial score (nSPS) is 56.7. The van der Waals surface area contributed by atoms with Crippen molar-refractivity contribution in [1.82, 2.24) is 0 Å². The molecule has 3 fully saturated rings. The SMILES string of the molecule is C[C@@]1(O)C[C@H]2CCC[C@@H]2[C@](C)(O)C[C@H]2CCC[C@H]21. The Bertz CT molecular complexity index is 289. The van der Waals surface area contributed by atoms with Gasteiger partial charge in [0.15, 0.2) is 0 Å². The lowest BCUT2D eigenvalue weighted by molar-refractivity contribution is -0.109. The van der Waals surface area contributed by atoms with E-state index in [0.717, 1.165) is 25.7 Å². The van der Waals surface area contributed by atoms with Crippen molar-refractivity contribution in [3.63, 3.8) is 0 Å². The van der Waals surface area contributed by atoms with Gasteiger partial charge >= 0.3 is 0 Å². The van der Waals surface area contributed by atoms with E-state index in [2.05, 4.69) is 13.8 Å². The minimum absolute atomic E-state index is 0.422. The molecule has 3 aliphatic rings. The van der Waals surface area contributed by atoms with Crippen molar-refractivity contribution in [2.75, 3.05) is 0 Å².